The minimum Gasteiger partial charge on any atom is -0.380 e. The normalized spacial score (nSPS) is 19.8. The van der Waals surface area contributed by atoms with Gasteiger partial charge in [0.25, 0.3) is 0 Å². The van der Waals surface area contributed by atoms with Gasteiger partial charge in [0.15, 0.2) is 0 Å². The monoisotopic (exact) mass is 383 g/mol. The van der Waals surface area contributed by atoms with Crippen LogP contribution in [0.3, 0.4) is 0 Å². The van der Waals surface area contributed by atoms with E-state index in [4.69, 9.17) is 4.52 Å². The second-order valence-electron chi connectivity index (χ2n) is 8.35. The van der Waals surface area contributed by atoms with Gasteiger partial charge in [-0.2, -0.15) is 0 Å². The summed E-state index contributed by atoms with van der Waals surface area (Å²) in [5, 5.41) is 7.70. The molecule has 1 aliphatic heterocycles. The average Bonchev–Trinajstić information content (AvgIpc) is 2.99. The van der Waals surface area contributed by atoms with Crippen LogP contribution < -0.4 is 5.32 Å². The lowest BCUT2D eigenvalue weighted by atomic mass is 9.88. The number of hydrogen-bond acceptors (Lipinski definition) is 4. The molecule has 2 aromatic rings. The summed E-state index contributed by atoms with van der Waals surface area (Å²) >= 11 is 0. The number of nitrogens with one attached hydrogen (secondary N) is 1. The zero-order chi connectivity index (χ0) is 20.1. The molecule has 0 unspecified atom stereocenters. The van der Waals surface area contributed by atoms with Crippen molar-refractivity contribution in [1.82, 2.24) is 10.1 Å². The molecular weight excluding hydrogens is 350 g/mol. The maximum absolute atomic E-state index is 13.2. The van der Waals surface area contributed by atoms with Crippen molar-refractivity contribution in [3.63, 3.8) is 0 Å². The van der Waals surface area contributed by atoms with Crippen LogP contribution in [0.25, 0.3) is 0 Å². The predicted molar refractivity (Wildman–Crippen MR) is 112 cm³/mol. The van der Waals surface area contributed by atoms with Crippen molar-refractivity contribution in [3.05, 3.63) is 47.3 Å². The molecule has 0 spiro atoms. The number of rotatable bonds is 7. The van der Waals surface area contributed by atoms with Crippen LogP contribution in [-0.4, -0.2) is 34.6 Å². The smallest absolute Gasteiger partial charge is 0.223 e. The van der Waals surface area contributed by atoms with Crippen LogP contribution in [0.4, 0.5) is 5.69 Å². The summed E-state index contributed by atoms with van der Waals surface area (Å²) in [5.74, 6) is 1.61. The number of aryl methyl sites for hydroxylation is 2. The molecule has 1 aromatic heterocycles. The summed E-state index contributed by atoms with van der Waals surface area (Å²) in [7, 11) is 0. The van der Waals surface area contributed by atoms with Crippen molar-refractivity contribution < 1.29 is 9.32 Å². The fraction of sp³-hybridized carbons (Fsp3) is 0.565. The van der Waals surface area contributed by atoms with Gasteiger partial charge in [-0.25, -0.2) is 0 Å². The van der Waals surface area contributed by atoms with Crippen molar-refractivity contribution in [2.75, 3.05) is 11.9 Å². The maximum Gasteiger partial charge on any atom is 0.223 e. The SMILES string of the molecule is Cc1noc(C)c1CCC(=O)N1CCC[C@@H](Nc2ccccc2)[C@H]1CC(C)C. The average molecular weight is 384 g/mol. The van der Waals surface area contributed by atoms with Crippen LogP contribution in [0.15, 0.2) is 34.9 Å². The summed E-state index contributed by atoms with van der Waals surface area (Å²) in [4.78, 5) is 15.3. The number of carbonyl (C=O) groups is 1. The summed E-state index contributed by atoms with van der Waals surface area (Å²) in [6, 6.07) is 10.9. The highest BCUT2D eigenvalue weighted by Gasteiger charge is 2.34. The Labute approximate surface area is 168 Å². The molecule has 152 valence electrons. The van der Waals surface area contributed by atoms with Crippen LogP contribution in [0.1, 0.15) is 56.5 Å². The highest BCUT2D eigenvalue weighted by molar-refractivity contribution is 5.77. The zero-order valence-corrected chi connectivity index (χ0v) is 17.6. The Bertz CT molecular complexity index is 750. The topological polar surface area (TPSA) is 58.4 Å². The van der Waals surface area contributed by atoms with Gasteiger partial charge in [0, 0.05) is 30.3 Å². The molecule has 1 N–H and O–H groups in total. The molecule has 5 nitrogen and oxygen atoms in total. The van der Waals surface area contributed by atoms with E-state index in [9.17, 15) is 4.79 Å². The molecule has 1 amide bonds. The molecule has 3 rings (SSSR count). The minimum atomic E-state index is 0.228. The van der Waals surface area contributed by atoms with Gasteiger partial charge in [0.05, 0.1) is 11.7 Å². The van der Waals surface area contributed by atoms with Gasteiger partial charge >= 0.3 is 0 Å². The number of anilines is 1. The molecule has 0 aliphatic carbocycles. The first-order valence-corrected chi connectivity index (χ1v) is 10.5. The lowest BCUT2D eigenvalue weighted by molar-refractivity contribution is -0.135. The van der Waals surface area contributed by atoms with E-state index in [1.807, 2.05) is 19.9 Å². The Morgan fingerprint density at radius 1 is 1.29 bits per heavy atom. The lowest BCUT2D eigenvalue weighted by Gasteiger charge is -2.43. The van der Waals surface area contributed by atoms with E-state index in [-0.39, 0.29) is 11.9 Å². The third kappa shape index (κ3) is 4.94. The number of amides is 1. The van der Waals surface area contributed by atoms with Gasteiger partial charge in [0.2, 0.25) is 5.91 Å². The standard InChI is InChI=1S/C23H33N3O2/c1-16(2)15-22-21(24-19-9-6-5-7-10-19)11-8-14-26(22)23(27)13-12-20-17(3)25-28-18(20)4/h5-7,9-10,16,21-22,24H,8,11-15H2,1-4H3/t21-,22-/m1/s1. The first-order valence-electron chi connectivity index (χ1n) is 10.5. The summed E-state index contributed by atoms with van der Waals surface area (Å²) < 4.78 is 5.25. The van der Waals surface area contributed by atoms with E-state index >= 15 is 0 Å². The first-order chi connectivity index (χ1) is 13.5. The molecule has 28 heavy (non-hydrogen) atoms. The molecule has 2 heterocycles. The number of piperidine rings is 1. The highest BCUT2D eigenvalue weighted by Crippen LogP contribution is 2.27. The van der Waals surface area contributed by atoms with Gasteiger partial charge in [-0.15, -0.1) is 0 Å². The molecule has 0 bridgehead atoms. The Morgan fingerprint density at radius 2 is 2.04 bits per heavy atom. The van der Waals surface area contributed by atoms with E-state index < -0.39 is 0 Å². The van der Waals surface area contributed by atoms with Crippen molar-refractivity contribution in [2.45, 2.75) is 71.9 Å². The lowest BCUT2D eigenvalue weighted by Crippen LogP contribution is -2.54. The van der Waals surface area contributed by atoms with Crippen molar-refractivity contribution >= 4 is 11.6 Å². The van der Waals surface area contributed by atoms with Crippen molar-refractivity contribution in [2.24, 2.45) is 5.92 Å². The zero-order valence-electron chi connectivity index (χ0n) is 17.6. The first kappa shape index (κ1) is 20.4. The van der Waals surface area contributed by atoms with E-state index in [1.54, 1.807) is 0 Å². The number of nitrogens with zero attached hydrogens (tertiary/aromatic N) is 2. The maximum atomic E-state index is 13.2. The van der Waals surface area contributed by atoms with Gasteiger partial charge in [0.1, 0.15) is 5.76 Å². The number of para-hydroxylation sites is 1. The van der Waals surface area contributed by atoms with Crippen LogP contribution in [0.5, 0.6) is 0 Å². The molecule has 2 atom stereocenters. The van der Waals surface area contributed by atoms with E-state index in [0.717, 1.165) is 48.5 Å². The molecule has 1 aliphatic rings. The summed E-state index contributed by atoms with van der Waals surface area (Å²) in [6.45, 7) is 9.19. The van der Waals surface area contributed by atoms with Crippen molar-refractivity contribution in [3.8, 4) is 0 Å². The van der Waals surface area contributed by atoms with Crippen LogP contribution in [0.2, 0.25) is 0 Å². The molecule has 0 radical (unpaired) electrons. The molecule has 5 heteroatoms. The number of aromatic nitrogens is 1. The van der Waals surface area contributed by atoms with E-state index in [0.29, 0.717) is 24.8 Å². The quantitative estimate of drug-likeness (QED) is 0.750. The Balaban J connectivity index is 1.70. The molecular formula is C23H33N3O2. The second kappa shape index (κ2) is 9.26. The molecule has 1 saturated heterocycles. The van der Waals surface area contributed by atoms with E-state index in [2.05, 4.69) is 53.5 Å². The summed E-state index contributed by atoms with van der Waals surface area (Å²) in [5.41, 5.74) is 3.10. The Kier molecular flexibility index (Phi) is 6.76. The fourth-order valence-electron chi connectivity index (χ4n) is 4.29. The van der Waals surface area contributed by atoms with Gasteiger partial charge in [-0.1, -0.05) is 37.2 Å². The molecule has 1 aromatic carbocycles. The third-order valence-corrected chi connectivity index (χ3v) is 5.71. The molecule has 1 fully saturated rings. The van der Waals surface area contributed by atoms with Crippen LogP contribution in [0, 0.1) is 19.8 Å². The van der Waals surface area contributed by atoms with Gasteiger partial charge in [-0.05, 0) is 57.6 Å². The predicted octanol–water partition coefficient (Wildman–Crippen LogP) is 4.74. The number of hydrogen-bond donors (Lipinski definition) is 1. The third-order valence-electron chi connectivity index (χ3n) is 5.71. The Hall–Kier alpha value is -2.30. The fourth-order valence-corrected chi connectivity index (χ4v) is 4.29. The summed E-state index contributed by atoms with van der Waals surface area (Å²) in [6.07, 6.45) is 4.36. The van der Waals surface area contributed by atoms with Gasteiger partial charge in [-0.3, -0.25) is 4.79 Å². The number of likely N-dealkylation sites (tertiary alicyclic amines) is 1. The minimum absolute atomic E-state index is 0.228. The largest absolute Gasteiger partial charge is 0.380 e. The second-order valence-corrected chi connectivity index (χ2v) is 8.35. The van der Waals surface area contributed by atoms with E-state index in [1.165, 1.54) is 0 Å². The number of carbonyl (C=O) groups excluding carboxylic acids is 1. The van der Waals surface area contributed by atoms with Crippen LogP contribution in [-0.2, 0) is 11.2 Å². The number of benzene rings is 1. The highest BCUT2D eigenvalue weighted by atomic mass is 16.5. The Morgan fingerprint density at radius 3 is 2.68 bits per heavy atom. The van der Waals surface area contributed by atoms with Crippen LogP contribution >= 0.6 is 0 Å². The van der Waals surface area contributed by atoms with Crippen molar-refractivity contribution in [1.29, 1.82) is 0 Å². The van der Waals surface area contributed by atoms with Gasteiger partial charge < -0.3 is 14.7 Å². The molecule has 0 saturated carbocycles.